The van der Waals surface area contributed by atoms with Gasteiger partial charge < -0.3 is 16.0 Å². The number of rotatable bonds is 2. The Kier molecular flexibility index (Phi) is 3.88. The maximum atomic E-state index is 11.1. The molecule has 5 heteroatoms. The van der Waals surface area contributed by atoms with Crippen LogP contribution >= 0.6 is 0 Å². The van der Waals surface area contributed by atoms with E-state index in [1.807, 2.05) is 0 Å². The molecule has 0 aromatic rings. The van der Waals surface area contributed by atoms with Crippen LogP contribution in [0.5, 0.6) is 0 Å². The van der Waals surface area contributed by atoms with E-state index in [1.54, 1.807) is 11.8 Å². The lowest BCUT2D eigenvalue weighted by Crippen LogP contribution is -2.50. The van der Waals surface area contributed by atoms with E-state index in [0.29, 0.717) is 6.54 Å². The van der Waals surface area contributed by atoms with Gasteiger partial charge in [0.05, 0.1) is 6.54 Å². The third-order valence-electron chi connectivity index (χ3n) is 2.42. The van der Waals surface area contributed by atoms with Crippen molar-refractivity contribution in [1.82, 2.24) is 10.2 Å². The SMILES string of the molecule is CC(=O)N1CCCC(NC(=O)CN)C1. The molecule has 0 saturated carbocycles. The van der Waals surface area contributed by atoms with Crippen molar-refractivity contribution in [2.75, 3.05) is 19.6 Å². The van der Waals surface area contributed by atoms with Gasteiger partial charge in [-0.3, -0.25) is 9.59 Å². The molecule has 1 heterocycles. The van der Waals surface area contributed by atoms with E-state index in [0.717, 1.165) is 19.4 Å². The van der Waals surface area contributed by atoms with Gasteiger partial charge in [0.25, 0.3) is 0 Å². The fourth-order valence-corrected chi connectivity index (χ4v) is 1.67. The molecule has 1 rings (SSSR count). The monoisotopic (exact) mass is 199 g/mol. The van der Waals surface area contributed by atoms with E-state index in [4.69, 9.17) is 5.73 Å². The summed E-state index contributed by atoms with van der Waals surface area (Å²) in [7, 11) is 0. The van der Waals surface area contributed by atoms with Gasteiger partial charge in [0.1, 0.15) is 0 Å². The Balaban J connectivity index is 2.40. The number of nitrogens with zero attached hydrogens (tertiary/aromatic N) is 1. The Labute approximate surface area is 83.6 Å². The smallest absolute Gasteiger partial charge is 0.234 e. The lowest BCUT2D eigenvalue weighted by Gasteiger charge is -2.32. The molecular formula is C9H17N3O2. The number of likely N-dealkylation sites (tertiary alicyclic amines) is 1. The number of piperidine rings is 1. The molecule has 3 N–H and O–H groups in total. The summed E-state index contributed by atoms with van der Waals surface area (Å²) in [5.74, 6) is -0.0860. The Morgan fingerprint density at radius 1 is 1.57 bits per heavy atom. The molecule has 14 heavy (non-hydrogen) atoms. The van der Waals surface area contributed by atoms with Crippen LogP contribution in [-0.2, 0) is 9.59 Å². The highest BCUT2D eigenvalue weighted by Gasteiger charge is 2.22. The third kappa shape index (κ3) is 2.99. The van der Waals surface area contributed by atoms with Crippen LogP contribution < -0.4 is 11.1 Å². The van der Waals surface area contributed by atoms with Gasteiger partial charge in [-0.15, -0.1) is 0 Å². The molecule has 0 aromatic heterocycles. The van der Waals surface area contributed by atoms with Crippen molar-refractivity contribution in [2.24, 2.45) is 5.73 Å². The molecule has 0 spiro atoms. The number of hydrogen-bond donors (Lipinski definition) is 2. The first-order chi connectivity index (χ1) is 6.63. The molecule has 1 aliphatic heterocycles. The summed E-state index contributed by atoms with van der Waals surface area (Å²) in [4.78, 5) is 23.9. The van der Waals surface area contributed by atoms with Crippen molar-refractivity contribution in [1.29, 1.82) is 0 Å². The summed E-state index contributed by atoms with van der Waals surface area (Å²) in [6, 6.07) is 0.0729. The minimum atomic E-state index is -0.152. The minimum absolute atomic E-state index is 0.0105. The van der Waals surface area contributed by atoms with Gasteiger partial charge in [-0.25, -0.2) is 0 Å². The number of nitrogens with two attached hydrogens (primary N) is 1. The van der Waals surface area contributed by atoms with Gasteiger partial charge in [-0.1, -0.05) is 0 Å². The van der Waals surface area contributed by atoms with E-state index < -0.39 is 0 Å². The zero-order valence-corrected chi connectivity index (χ0v) is 8.45. The van der Waals surface area contributed by atoms with Gasteiger partial charge >= 0.3 is 0 Å². The zero-order valence-electron chi connectivity index (χ0n) is 8.45. The van der Waals surface area contributed by atoms with E-state index >= 15 is 0 Å². The normalized spacial score (nSPS) is 21.9. The largest absolute Gasteiger partial charge is 0.350 e. The fourth-order valence-electron chi connectivity index (χ4n) is 1.67. The molecule has 2 amide bonds. The van der Waals surface area contributed by atoms with Crippen LogP contribution in [-0.4, -0.2) is 42.4 Å². The molecule has 1 aliphatic rings. The fraction of sp³-hybridized carbons (Fsp3) is 0.778. The summed E-state index contributed by atoms with van der Waals surface area (Å²) in [5.41, 5.74) is 5.19. The standard InChI is InChI=1S/C9H17N3O2/c1-7(13)12-4-2-3-8(6-12)11-9(14)5-10/h8H,2-6,10H2,1H3,(H,11,14). The van der Waals surface area contributed by atoms with Crippen LogP contribution in [0.3, 0.4) is 0 Å². The first-order valence-electron chi connectivity index (χ1n) is 4.88. The predicted octanol–water partition coefficient (Wildman–Crippen LogP) is -0.928. The van der Waals surface area contributed by atoms with Crippen LogP contribution in [0.2, 0.25) is 0 Å². The van der Waals surface area contributed by atoms with Crippen LogP contribution in [0.1, 0.15) is 19.8 Å². The maximum absolute atomic E-state index is 11.1. The van der Waals surface area contributed by atoms with Crippen molar-refractivity contribution in [2.45, 2.75) is 25.8 Å². The highest BCUT2D eigenvalue weighted by molar-refractivity contribution is 5.78. The number of nitrogens with one attached hydrogen (secondary N) is 1. The van der Waals surface area contributed by atoms with Crippen molar-refractivity contribution in [3.63, 3.8) is 0 Å². The second-order valence-corrected chi connectivity index (χ2v) is 3.58. The van der Waals surface area contributed by atoms with Gasteiger partial charge in [0.2, 0.25) is 11.8 Å². The van der Waals surface area contributed by atoms with Crippen molar-refractivity contribution < 1.29 is 9.59 Å². The first kappa shape index (κ1) is 11.0. The van der Waals surface area contributed by atoms with Gasteiger partial charge in [-0.05, 0) is 12.8 Å². The number of carbonyl (C=O) groups is 2. The predicted molar refractivity (Wildman–Crippen MR) is 52.5 cm³/mol. The van der Waals surface area contributed by atoms with Crippen molar-refractivity contribution in [3.05, 3.63) is 0 Å². The second-order valence-electron chi connectivity index (χ2n) is 3.58. The summed E-state index contributed by atoms with van der Waals surface area (Å²) in [6.07, 6.45) is 1.87. The lowest BCUT2D eigenvalue weighted by atomic mass is 10.1. The summed E-state index contributed by atoms with van der Waals surface area (Å²) in [5, 5.41) is 2.80. The third-order valence-corrected chi connectivity index (χ3v) is 2.42. The second kappa shape index (κ2) is 4.95. The summed E-state index contributed by atoms with van der Waals surface area (Å²) < 4.78 is 0. The number of hydrogen-bond acceptors (Lipinski definition) is 3. The summed E-state index contributed by atoms with van der Waals surface area (Å²) >= 11 is 0. The Morgan fingerprint density at radius 3 is 2.86 bits per heavy atom. The molecule has 5 nitrogen and oxygen atoms in total. The number of carbonyl (C=O) groups excluding carboxylic acids is 2. The molecule has 1 atom stereocenters. The lowest BCUT2D eigenvalue weighted by molar-refractivity contribution is -0.131. The van der Waals surface area contributed by atoms with Crippen LogP contribution in [0, 0.1) is 0 Å². The zero-order chi connectivity index (χ0) is 10.6. The molecule has 0 radical (unpaired) electrons. The maximum Gasteiger partial charge on any atom is 0.234 e. The molecule has 0 aromatic carbocycles. The van der Waals surface area contributed by atoms with E-state index in [-0.39, 0.29) is 24.4 Å². The van der Waals surface area contributed by atoms with Crippen LogP contribution in [0.15, 0.2) is 0 Å². The highest BCUT2D eigenvalue weighted by Crippen LogP contribution is 2.09. The Hall–Kier alpha value is -1.10. The van der Waals surface area contributed by atoms with Gasteiger partial charge in [0, 0.05) is 26.1 Å². The molecule has 80 valence electrons. The van der Waals surface area contributed by atoms with E-state index in [1.165, 1.54) is 0 Å². The molecule has 1 fully saturated rings. The van der Waals surface area contributed by atoms with Gasteiger partial charge in [-0.2, -0.15) is 0 Å². The van der Waals surface area contributed by atoms with E-state index in [9.17, 15) is 9.59 Å². The van der Waals surface area contributed by atoms with Crippen LogP contribution in [0.4, 0.5) is 0 Å². The quantitative estimate of drug-likeness (QED) is 0.603. The molecule has 1 saturated heterocycles. The average Bonchev–Trinajstić information content (AvgIpc) is 2.18. The number of amides is 2. The molecular weight excluding hydrogens is 182 g/mol. The molecule has 1 unspecified atom stereocenters. The van der Waals surface area contributed by atoms with Crippen molar-refractivity contribution in [3.8, 4) is 0 Å². The highest BCUT2D eigenvalue weighted by atomic mass is 16.2. The molecule has 0 aliphatic carbocycles. The average molecular weight is 199 g/mol. The molecule has 0 bridgehead atoms. The van der Waals surface area contributed by atoms with Crippen LogP contribution in [0.25, 0.3) is 0 Å². The first-order valence-corrected chi connectivity index (χ1v) is 4.88. The van der Waals surface area contributed by atoms with E-state index in [2.05, 4.69) is 5.32 Å². The Bertz CT molecular complexity index is 230. The topological polar surface area (TPSA) is 75.4 Å². The Morgan fingerprint density at radius 2 is 2.29 bits per heavy atom. The van der Waals surface area contributed by atoms with Crippen molar-refractivity contribution >= 4 is 11.8 Å². The van der Waals surface area contributed by atoms with Gasteiger partial charge in [0.15, 0.2) is 0 Å². The minimum Gasteiger partial charge on any atom is -0.350 e. The summed E-state index contributed by atoms with van der Waals surface area (Å²) in [6.45, 7) is 2.97.